The van der Waals surface area contributed by atoms with Crippen LogP contribution in [0.5, 0.6) is 0 Å². The van der Waals surface area contributed by atoms with Gasteiger partial charge in [-0.2, -0.15) is 0 Å². The predicted octanol–water partition coefficient (Wildman–Crippen LogP) is 1.37. The number of hydrogen-bond acceptors (Lipinski definition) is 4. The van der Waals surface area contributed by atoms with E-state index in [1.807, 2.05) is 31.2 Å². The summed E-state index contributed by atoms with van der Waals surface area (Å²) in [5.74, 6) is -0.383. The van der Waals surface area contributed by atoms with Crippen molar-refractivity contribution in [2.24, 2.45) is 5.73 Å². The molecule has 0 fully saturated rings. The van der Waals surface area contributed by atoms with Crippen LogP contribution in [0.3, 0.4) is 0 Å². The van der Waals surface area contributed by atoms with E-state index in [1.165, 1.54) is 5.56 Å². The number of nitrogens with zero attached hydrogens (tertiary/aromatic N) is 1. The Morgan fingerprint density at radius 1 is 1.40 bits per heavy atom. The molecule has 1 aromatic carbocycles. The number of aromatic amines is 1. The van der Waals surface area contributed by atoms with Crippen LogP contribution >= 0.6 is 0 Å². The lowest BCUT2D eigenvalue weighted by Crippen LogP contribution is -2.34. The van der Waals surface area contributed by atoms with Gasteiger partial charge in [-0.3, -0.25) is 4.79 Å². The van der Waals surface area contributed by atoms with E-state index < -0.39 is 6.04 Å². The number of benzene rings is 1. The zero-order valence-corrected chi connectivity index (χ0v) is 11.5. The average molecular weight is 273 g/mol. The van der Waals surface area contributed by atoms with Crippen LogP contribution in [0.4, 0.5) is 0 Å². The van der Waals surface area contributed by atoms with Crippen LogP contribution in [0.2, 0.25) is 0 Å². The average Bonchev–Trinajstić information content (AvgIpc) is 2.93. The fraction of sp³-hybridized carbons (Fsp3) is 0.333. The molecule has 0 bridgehead atoms. The maximum atomic E-state index is 11.7. The van der Waals surface area contributed by atoms with Crippen molar-refractivity contribution in [3.63, 3.8) is 0 Å². The first-order chi connectivity index (χ1) is 9.65. The van der Waals surface area contributed by atoms with E-state index in [1.54, 1.807) is 12.5 Å². The first-order valence-corrected chi connectivity index (χ1v) is 6.60. The summed E-state index contributed by atoms with van der Waals surface area (Å²) in [6.07, 6.45) is 4.32. The van der Waals surface area contributed by atoms with Gasteiger partial charge in [0.25, 0.3) is 0 Å². The van der Waals surface area contributed by atoms with Crippen molar-refractivity contribution < 1.29 is 9.53 Å². The van der Waals surface area contributed by atoms with Crippen molar-refractivity contribution in [2.45, 2.75) is 25.8 Å². The molecular formula is C15H19N3O2. The van der Waals surface area contributed by atoms with Crippen molar-refractivity contribution >= 4 is 5.97 Å². The molecule has 0 aliphatic heterocycles. The Balaban J connectivity index is 1.73. The number of aryl methyl sites for hydroxylation is 1. The first kappa shape index (κ1) is 14.3. The maximum Gasteiger partial charge on any atom is 0.323 e. The molecule has 5 heteroatoms. The van der Waals surface area contributed by atoms with Crippen LogP contribution in [0.1, 0.15) is 16.8 Å². The number of hydrogen-bond donors (Lipinski definition) is 2. The number of aromatic nitrogens is 2. The van der Waals surface area contributed by atoms with Crippen molar-refractivity contribution in [1.82, 2.24) is 9.97 Å². The van der Waals surface area contributed by atoms with Gasteiger partial charge in [-0.05, 0) is 12.5 Å². The minimum Gasteiger partial charge on any atom is -0.464 e. The standard InChI is InChI=1S/C15H19N3O2/c1-11-2-4-12(5-3-11)6-7-20-15(19)14(16)8-13-9-17-10-18-13/h2-5,9-10,14H,6-8,16H2,1H3,(H,17,18)/t14-/m0/s1. The van der Waals surface area contributed by atoms with Crippen LogP contribution in [0.25, 0.3) is 0 Å². The molecule has 0 aliphatic carbocycles. The number of nitrogens with two attached hydrogens (primary N) is 1. The SMILES string of the molecule is Cc1ccc(CCOC(=O)[C@@H](N)Cc2cnc[nH]2)cc1. The number of nitrogens with one attached hydrogen (secondary N) is 1. The summed E-state index contributed by atoms with van der Waals surface area (Å²) in [5, 5.41) is 0. The van der Waals surface area contributed by atoms with E-state index in [4.69, 9.17) is 10.5 Å². The van der Waals surface area contributed by atoms with Gasteiger partial charge < -0.3 is 15.5 Å². The molecule has 0 saturated heterocycles. The third-order valence-electron chi connectivity index (χ3n) is 3.05. The number of carbonyl (C=O) groups is 1. The van der Waals surface area contributed by atoms with Crippen LogP contribution in [0, 0.1) is 6.92 Å². The molecule has 0 unspecified atom stereocenters. The molecule has 0 spiro atoms. The highest BCUT2D eigenvalue weighted by molar-refractivity contribution is 5.75. The molecule has 20 heavy (non-hydrogen) atoms. The molecule has 0 radical (unpaired) electrons. The summed E-state index contributed by atoms with van der Waals surface area (Å²) < 4.78 is 5.19. The number of H-pyrrole nitrogens is 1. The van der Waals surface area contributed by atoms with Gasteiger partial charge in [0.15, 0.2) is 0 Å². The van der Waals surface area contributed by atoms with Gasteiger partial charge in [-0.25, -0.2) is 4.98 Å². The monoisotopic (exact) mass is 273 g/mol. The Morgan fingerprint density at radius 2 is 2.15 bits per heavy atom. The van der Waals surface area contributed by atoms with Crippen LogP contribution in [-0.4, -0.2) is 28.6 Å². The predicted molar refractivity (Wildman–Crippen MR) is 76.1 cm³/mol. The van der Waals surface area contributed by atoms with Crippen LogP contribution in [0.15, 0.2) is 36.8 Å². The molecular weight excluding hydrogens is 254 g/mol. The molecule has 2 rings (SSSR count). The van der Waals surface area contributed by atoms with Gasteiger partial charge in [0.2, 0.25) is 0 Å². The molecule has 0 saturated carbocycles. The van der Waals surface area contributed by atoms with E-state index in [0.29, 0.717) is 19.4 Å². The Morgan fingerprint density at radius 3 is 2.80 bits per heavy atom. The van der Waals surface area contributed by atoms with Crippen LogP contribution < -0.4 is 5.73 Å². The van der Waals surface area contributed by atoms with Gasteiger partial charge in [-0.15, -0.1) is 0 Å². The van der Waals surface area contributed by atoms with E-state index in [9.17, 15) is 4.79 Å². The Hall–Kier alpha value is -2.14. The second kappa shape index (κ2) is 6.86. The van der Waals surface area contributed by atoms with Gasteiger partial charge in [-0.1, -0.05) is 29.8 Å². The molecule has 1 atom stereocenters. The summed E-state index contributed by atoms with van der Waals surface area (Å²) in [6.45, 7) is 2.39. The summed E-state index contributed by atoms with van der Waals surface area (Å²) in [6, 6.07) is 7.50. The summed E-state index contributed by atoms with van der Waals surface area (Å²) in [7, 11) is 0. The molecule has 106 valence electrons. The van der Waals surface area contributed by atoms with E-state index in [2.05, 4.69) is 9.97 Å². The van der Waals surface area contributed by atoms with Crippen molar-refractivity contribution in [3.05, 3.63) is 53.6 Å². The topological polar surface area (TPSA) is 81.0 Å². The second-order valence-corrected chi connectivity index (χ2v) is 4.79. The van der Waals surface area contributed by atoms with E-state index >= 15 is 0 Å². The number of rotatable bonds is 6. The minimum absolute atomic E-state index is 0.346. The van der Waals surface area contributed by atoms with Gasteiger partial charge in [0.05, 0.1) is 12.9 Å². The summed E-state index contributed by atoms with van der Waals surface area (Å²) in [4.78, 5) is 18.5. The Bertz CT molecular complexity index is 535. The minimum atomic E-state index is -0.659. The Kier molecular flexibility index (Phi) is 4.90. The fourth-order valence-corrected chi connectivity index (χ4v) is 1.85. The molecule has 3 N–H and O–H groups in total. The second-order valence-electron chi connectivity index (χ2n) is 4.79. The van der Waals surface area contributed by atoms with Crippen molar-refractivity contribution in [1.29, 1.82) is 0 Å². The molecule has 1 heterocycles. The van der Waals surface area contributed by atoms with Crippen molar-refractivity contribution in [3.8, 4) is 0 Å². The maximum absolute atomic E-state index is 11.7. The lowest BCUT2D eigenvalue weighted by atomic mass is 10.1. The zero-order chi connectivity index (χ0) is 14.4. The molecule has 0 amide bonds. The Labute approximate surface area is 118 Å². The highest BCUT2D eigenvalue weighted by Crippen LogP contribution is 2.04. The van der Waals surface area contributed by atoms with Gasteiger partial charge >= 0.3 is 5.97 Å². The number of imidazole rings is 1. The summed E-state index contributed by atoms with van der Waals surface area (Å²) >= 11 is 0. The highest BCUT2D eigenvalue weighted by Gasteiger charge is 2.16. The molecule has 0 aliphatic rings. The van der Waals surface area contributed by atoms with Gasteiger partial charge in [0, 0.05) is 24.7 Å². The van der Waals surface area contributed by atoms with Gasteiger partial charge in [0.1, 0.15) is 6.04 Å². The first-order valence-electron chi connectivity index (χ1n) is 6.60. The summed E-state index contributed by atoms with van der Waals surface area (Å²) in [5.41, 5.74) is 8.97. The largest absolute Gasteiger partial charge is 0.464 e. The highest BCUT2D eigenvalue weighted by atomic mass is 16.5. The smallest absolute Gasteiger partial charge is 0.323 e. The number of esters is 1. The third-order valence-corrected chi connectivity index (χ3v) is 3.05. The number of ether oxygens (including phenoxy) is 1. The zero-order valence-electron chi connectivity index (χ0n) is 11.5. The molecule has 1 aromatic heterocycles. The number of carbonyl (C=O) groups excluding carboxylic acids is 1. The normalized spacial score (nSPS) is 12.1. The van der Waals surface area contributed by atoms with E-state index in [0.717, 1.165) is 11.3 Å². The quantitative estimate of drug-likeness (QED) is 0.779. The molecule has 5 nitrogen and oxygen atoms in total. The lowest BCUT2D eigenvalue weighted by molar-refractivity contribution is -0.145. The van der Waals surface area contributed by atoms with Crippen LogP contribution in [-0.2, 0) is 22.4 Å². The van der Waals surface area contributed by atoms with E-state index in [-0.39, 0.29) is 5.97 Å². The molecule has 2 aromatic rings. The lowest BCUT2D eigenvalue weighted by Gasteiger charge is -2.10. The van der Waals surface area contributed by atoms with Crippen molar-refractivity contribution in [2.75, 3.05) is 6.61 Å². The fourth-order valence-electron chi connectivity index (χ4n) is 1.85. The third kappa shape index (κ3) is 4.20.